The third-order valence-corrected chi connectivity index (χ3v) is 14.9. The van der Waals surface area contributed by atoms with Crippen molar-refractivity contribution < 1.29 is 26.4 Å². The summed E-state index contributed by atoms with van der Waals surface area (Å²) >= 11 is 12.0. The second-order valence-electron chi connectivity index (χ2n) is 13.9. The van der Waals surface area contributed by atoms with Gasteiger partial charge in [-0.05, 0) is 119 Å². The number of halogens is 2. The zero-order valence-electron chi connectivity index (χ0n) is 30.9. The molecule has 0 bridgehead atoms. The van der Waals surface area contributed by atoms with Crippen molar-refractivity contribution in [2.24, 2.45) is 11.8 Å². The highest BCUT2D eigenvalue weighted by atomic mass is 35.5. The number of nitrogens with zero attached hydrogens (tertiary/aromatic N) is 3. The third kappa shape index (κ3) is 12.9. The van der Waals surface area contributed by atoms with E-state index in [1.165, 1.54) is 27.0 Å². The number of alkyl halides is 2. The summed E-state index contributed by atoms with van der Waals surface area (Å²) in [7, 11) is -7.15. The number of carbonyl (C=O) groups excluding carboxylic acids is 1. The van der Waals surface area contributed by atoms with Gasteiger partial charge in [-0.2, -0.15) is 0 Å². The van der Waals surface area contributed by atoms with Crippen LogP contribution in [0.4, 0.5) is 16.2 Å². The predicted octanol–water partition coefficient (Wildman–Crippen LogP) is 8.96. The van der Waals surface area contributed by atoms with E-state index in [0.717, 1.165) is 44.5 Å². The van der Waals surface area contributed by atoms with Crippen molar-refractivity contribution in [1.29, 1.82) is 0 Å². The van der Waals surface area contributed by atoms with Crippen LogP contribution in [0, 0.1) is 11.8 Å². The number of ether oxygens (including phenoxy) is 1. The van der Waals surface area contributed by atoms with Gasteiger partial charge in [-0.3, -0.25) is 8.61 Å². The molecule has 4 aromatic rings. The number of amides is 1. The Bertz CT molecular complexity index is 1890. The van der Waals surface area contributed by atoms with Crippen LogP contribution in [0.2, 0.25) is 0 Å². The molecule has 1 N–H and O–H groups in total. The molecule has 2 saturated heterocycles. The van der Waals surface area contributed by atoms with Crippen LogP contribution >= 0.6 is 45.9 Å². The Kier molecular flexibility index (Phi) is 17.0. The molecule has 2 aliphatic rings. The number of likely N-dealkylation sites (tertiary alicyclic amines) is 1. The maximum Gasteiger partial charge on any atom is 0.410 e. The van der Waals surface area contributed by atoms with Gasteiger partial charge in [-0.15, -0.1) is 45.9 Å². The summed E-state index contributed by atoms with van der Waals surface area (Å²) in [6.07, 6.45) is 3.52. The fraction of sp³-hybridized carbons (Fsp3) is 0.447. The molecule has 1 amide bonds. The fourth-order valence-corrected chi connectivity index (χ4v) is 11.5. The Morgan fingerprint density at radius 2 is 1.26 bits per heavy atom. The summed E-state index contributed by atoms with van der Waals surface area (Å²) < 4.78 is 61.8. The van der Waals surface area contributed by atoms with E-state index in [9.17, 15) is 21.6 Å². The van der Waals surface area contributed by atoms with Gasteiger partial charge in [-0.25, -0.2) is 21.6 Å². The molecule has 0 aliphatic carbocycles. The molecule has 10 nitrogen and oxygen atoms in total. The van der Waals surface area contributed by atoms with Gasteiger partial charge >= 0.3 is 6.09 Å². The number of para-hydroxylation sites is 2. The predicted molar refractivity (Wildman–Crippen MR) is 223 cm³/mol. The summed E-state index contributed by atoms with van der Waals surface area (Å²) in [5, 5.41) is 7.12. The van der Waals surface area contributed by atoms with Crippen LogP contribution in [0.3, 0.4) is 0 Å². The van der Waals surface area contributed by atoms with Gasteiger partial charge in [0.05, 0.1) is 16.7 Å². The lowest BCUT2D eigenvalue weighted by atomic mass is 9.98. The molecule has 2 aliphatic heterocycles. The molecular formula is C38H50Cl2N4O6S4. The van der Waals surface area contributed by atoms with Gasteiger partial charge in [0.2, 0.25) is 0 Å². The number of rotatable bonds is 10. The summed E-state index contributed by atoms with van der Waals surface area (Å²) in [6.45, 7) is 9.40. The number of carbonyl (C=O) groups is 1. The number of hydrogen-bond acceptors (Lipinski definition) is 9. The number of piperidine rings is 2. The van der Waals surface area contributed by atoms with E-state index in [-0.39, 0.29) is 17.4 Å². The van der Waals surface area contributed by atoms with E-state index in [4.69, 9.17) is 27.9 Å². The molecule has 0 saturated carbocycles. The number of anilines is 2. The van der Waals surface area contributed by atoms with E-state index in [1.54, 1.807) is 56.4 Å². The maximum atomic E-state index is 13.3. The van der Waals surface area contributed by atoms with Crippen LogP contribution in [-0.2, 0) is 24.8 Å². The smallest absolute Gasteiger partial charge is 0.410 e. The van der Waals surface area contributed by atoms with Gasteiger partial charge in [0, 0.05) is 26.2 Å². The lowest BCUT2D eigenvalue weighted by Crippen LogP contribution is -2.46. The minimum atomic E-state index is -3.66. The zero-order chi connectivity index (χ0) is 39.2. The number of thiophene rings is 2. The lowest BCUT2D eigenvalue weighted by Gasteiger charge is -2.36. The van der Waals surface area contributed by atoms with Gasteiger partial charge < -0.3 is 15.0 Å². The van der Waals surface area contributed by atoms with Crippen molar-refractivity contribution in [3.8, 4) is 0 Å². The Morgan fingerprint density at radius 3 is 1.69 bits per heavy atom. The van der Waals surface area contributed by atoms with Crippen LogP contribution in [0.1, 0.15) is 46.5 Å². The molecule has 2 atom stereocenters. The van der Waals surface area contributed by atoms with E-state index in [2.05, 4.69) is 5.32 Å². The molecule has 2 fully saturated rings. The SMILES string of the molecule is CC(C)(C)OC(=O)N1CCCC(CN(c2ccccc2)S(=O)(=O)c2cccs2)C1.ClCCl.O=S(=O)(c1cccs1)N(CC1CCCNC1)c1ccccc1. The lowest BCUT2D eigenvalue weighted by molar-refractivity contribution is 0.0171. The van der Waals surface area contributed by atoms with Gasteiger partial charge in [-0.1, -0.05) is 48.5 Å². The van der Waals surface area contributed by atoms with Crippen LogP contribution < -0.4 is 13.9 Å². The first-order chi connectivity index (χ1) is 25.8. The monoisotopic (exact) mass is 856 g/mol. The molecule has 4 heterocycles. The standard InChI is InChI=1S/C21H28N2O4S2.C16H20N2O2S2.CH2Cl2/c1-21(2,3)27-20(24)22-13-7-9-17(15-22)16-23(18-10-5-4-6-11-18)29(25,26)19-12-8-14-28-19;19-22(20,16-9-5-11-21-16)18(15-7-2-1-3-8-15)13-14-6-4-10-17-12-14;2-1-3/h4-6,8,10-12,14,17H,7,9,13,15-16H2,1-3H3;1-3,5,7-9,11,14,17H,4,6,10,12-13H2;1H2. The topological polar surface area (TPSA) is 116 Å². The highest BCUT2D eigenvalue weighted by Crippen LogP contribution is 2.31. The van der Waals surface area contributed by atoms with Crippen LogP contribution in [0.5, 0.6) is 0 Å². The number of sulfonamides is 2. The Labute approximate surface area is 339 Å². The normalized spacial score (nSPS) is 17.6. The molecule has 2 aromatic heterocycles. The van der Waals surface area contributed by atoms with Crippen molar-refractivity contribution in [2.75, 3.05) is 53.2 Å². The molecule has 296 valence electrons. The molecule has 2 aromatic carbocycles. The fourth-order valence-electron chi connectivity index (χ4n) is 6.17. The number of nitrogens with one attached hydrogen (secondary N) is 1. The van der Waals surface area contributed by atoms with E-state index in [1.807, 2.05) is 69.3 Å². The van der Waals surface area contributed by atoms with E-state index >= 15 is 0 Å². The minimum Gasteiger partial charge on any atom is -0.444 e. The Morgan fingerprint density at radius 1 is 0.778 bits per heavy atom. The average molecular weight is 858 g/mol. The minimum absolute atomic E-state index is 0.0335. The highest BCUT2D eigenvalue weighted by Gasteiger charge is 2.33. The first-order valence-electron chi connectivity index (χ1n) is 17.8. The third-order valence-electron chi connectivity index (χ3n) is 8.58. The van der Waals surface area contributed by atoms with Gasteiger partial charge in [0.15, 0.2) is 0 Å². The molecule has 0 radical (unpaired) electrons. The largest absolute Gasteiger partial charge is 0.444 e. The second kappa shape index (κ2) is 20.9. The summed E-state index contributed by atoms with van der Waals surface area (Å²) in [5.41, 5.74) is 0.819. The zero-order valence-corrected chi connectivity index (χ0v) is 35.6. The summed E-state index contributed by atoms with van der Waals surface area (Å²) in [5.74, 6) is 0.384. The Balaban J connectivity index is 0.000000231. The van der Waals surface area contributed by atoms with Crippen molar-refractivity contribution in [1.82, 2.24) is 10.2 Å². The van der Waals surface area contributed by atoms with Crippen LogP contribution in [0.25, 0.3) is 0 Å². The Hall–Kier alpha value is -2.85. The average Bonchev–Trinajstić information content (AvgIpc) is 3.91. The molecule has 2 unspecified atom stereocenters. The van der Waals surface area contributed by atoms with Crippen molar-refractivity contribution in [3.05, 3.63) is 95.7 Å². The van der Waals surface area contributed by atoms with Crippen molar-refractivity contribution in [2.45, 2.75) is 60.5 Å². The van der Waals surface area contributed by atoms with Crippen LogP contribution in [0.15, 0.2) is 104 Å². The van der Waals surface area contributed by atoms with Crippen molar-refractivity contribution >= 4 is 83.4 Å². The van der Waals surface area contributed by atoms with E-state index in [0.29, 0.717) is 46.2 Å². The van der Waals surface area contributed by atoms with E-state index < -0.39 is 25.6 Å². The molecule has 16 heteroatoms. The molecular weight excluding hydrogens is 808 g/mol. The van der Waals surface area contributed by atoms with Gasteiger partial charge in [0.1, 0.15) is 14.0 Å². The molecule has 0 spiro atoms. The van der Waals surface area contributed by atoms with Crippen LogP contribution in [-0.4, -0.2) is 78.0 Å². The first kappa shape index (κ1) is 43.9. The number of hydrogen-bond donors (Lipinski definition) is 1. The van der Waals surface area contributed by atoms with Gasteiger partial charge in [0.25, 0.3) is 20.0 Å². The molecule has 6 rings (SSSR count). The second-order valence-corrected chi connectivity index (χ2v) is 20.7. The van der Waals surface area contributed by atoms with Crippen molar-refractivity contribution in [3.63, 3.8) is 0 Å². The highest BCUT2D eigenvalue weighted by molar-refractivity contribution is 7.95. The first-order valence-corrected chi connectivity index (χ1v) is 23.5. The maximum absolute atomic E-state index is 13.3. The summed E-state index contributed by atoms with van der Waals surface area (Å²) in [4.78, 5) is 14.2. The molecule has 54 heavy (non-hydrogen) atoms. The quantitative estimate of drug-likeness (QED) is 0.158. The number of benzene rings is 2. The summed E-state index contributed by atoms with van der Waals surface area (Å²) in [6, 6.07) is 25.4.